The minimum atomic E-state index is -4.39. The van der Waals surface area contributed by atoms with Crippen LogP contribution >= 0.6 is 11.6 Å². The Morgan fingerprint density at radius 2 is 2.00 bits per heavy atom. The second-order valence-electron chi connectivity index (χ2n) is 5.77. The van der Waals surface area contributed by atoms with Gasteiger partial charge in [0, 0.05) is 16.8 Å². The topological polar surface area (TPSA) is 12.0 Å². The van der Waals surface area contributed by atoms with Gasteiger partial charge in [-0.15, -0.1) is 0 Å². The molecule has 0 aliphatic heterocycles. The Labute approximate surface area is 116 Å². The molecule has 19 heavy (non-hydrogen) atoms. The molecule has 0 saturated heterocycles. The molecule has 1 atom stereocenters. The maximum absolute atomic E-state index is 13.0. The summed E-state index contributed by atoms with van der Waals surface area (Å²) in [7, 11) is 0. The highest BCUT2D eigenvalue weighted by atomic mass is 35.5. The molecule has 1 N–H and O–H groups in total. The van der Waals surface area contributed by atoms with Crippen LogP contribution in [0.2, 0.25) is 5.02 Å². The molecule has 1 saturated carbocycles. The second kappa shape index (κ2) is 4.89. The lowest BCUT2D eigenvalue weighted by Gasteiger charge is -2.30. The highest BCUT2D eigenvalue weighted by molar-refractivity contribution is 6.30. The van der Waals surface area contributed by atoms with E-state index in [1.54, 1.807) is 0 Å². The van der Waals surface area contributed by atoms with E-state index in [1.165, 1.54) is 12.1 Å². The lowest BCUT2D eigenvalue weighted by molar-refractivity contribution is -0.137. The van der Waals surface area contributed by atoms with Crippen LogP contribution in [0, 0.1) is 5.41 Å². The van der Waals surface area contributed by atoms with Crippen molar-refractivity contribution >= 4 is 17.3 Å². The zero-order valence-corrected chi connectivity index (χ0v) is 11.7. The molecule has 2 rings (SSSR count). The zero-order chi connectivity index (χ0) is 14.3. The normalized spacial score (nSPS) is 22.5. The van der Waals surface area contributed by atoms with Crippen LogP contribution in [0.15, 0.2) is 18.2 Å². The number of benzene rings is 1. The predicted molar refractivity (Wildman–Crippen MR) is 71.5 cm³/mol. The Hall–Kier alpha value is -0.900. The van der Waals surface area contributed by atoms with E-state index in [4.69, 9.17) is 11.6 Å². The zero-order valence-electron chi connectivity index (χ0n) is 10.9. The van der Waals surface area contributed by atoms with Gasteiger partial charge in [0.25, 0.3) is 0 Å². The highest BCUT2D eigenvalue weighted by Gasteiger charge is 2.38. The van der Waals surface area contributed by atoms with E-state index in [-0.39, 0.29) is 22.2 Å². The van der Waals surface area contributed by atoms with E-state index < -0.39 is 11.7 Å². The minimum absolute atomic E-state index is 0.0164. The van der Waals surface area contributed by atoms with Crippen LogP contribution in [-0.4, -0.2) is 6.04 Å². The fraction of sp³-hybridized carbons (Fsp3) is 0.571. The molecule has 1 fully saturated rings. The summed E-state index contributed by atoms with van der Waals surface area (Å²) in [5.41, 5.74) is -0.553. The summed E-state index contributed by atoms with van der Waals surface area (Å²) in [6, 6.07) is 3.95. The van der Waals surface area contributed by atoms with Gasteiger partial charge in [0.2, 0.25) is 0 Å². The van der Waals surface area contributed by atoms with E-state index in [2.05, 4.69) is 19.2 Å². The van der Waals surface area contributed by atoms with Crippen LogP contribution in [0.4, 0.5) is 18.9 Å². The van der Waals surface area contributed by atoms with Gasteiger partial charge < -0.3 is 5.32 Å². The molecule has 1 nitrogen and oxygen atoms in total. The molecule has 5 heteroatoms. The molecule has 1 unspecified atom stereocenters. The number of hydrogen-bond donors (Lipinski definition) is 1. The maximum Gasteiger partial charge on any atom is 0.418 e. The number of anilines is 1. The van der Waals surface area contributed by atoms with Crippen molar-refractivity contribution in [3.63, 3.8) is 0 Å². The summed E-state index contributed by atoms with van der Waals surface area (Å²) >= 11 is 5.67. The smallest absolute Gasteiger partial charge is 0.381 e. The fourth-order valence-electron chi connectivity index (χ4n) is 2.66. The Balaban J connectivity index is 2.30. The summed E-state index contributed by atoms with van der Waals surface area (Å²) in [6.07, 6.45) is -1.43. The van der Waals surface area contributed by atoms with Crippen LogP contribution in [0.5, 0.6) is 0 Å². The van der Waals surface area contributed by atoms with Crippen molar-refractivity contribution in [2.24, 2.45) is 5.41 Å². The van der Waals surface area contributed by atoms with Gasteiger partial charge >= 0.3 is 6.18 Å². The molecule has 0 heterocycles. The Morgan fingerprint density at radius 3 is 2.53 bits per heavy atom. The number of hydrogen-bond acceptors (Lipinski definition) is 1. The molecule has 0 bridgehead atoms. The molecule has 106 valence electrons. The van der Waals surface area contributed by atoms with Crippen molar-refractivity contribution in [1.82, 2.24) is 0 Å². The van der Waals surface area contributed by atoms with E-state index in [9.17, 15) is 13.2 Å². The van der Waals surface area contributed by atoms with E-state index >= 15 is 0 Å². The number of rotatable bonds is 2. The van der Waals surface area contributed by atoms with Gasteiger partial charge in [-0.1, -0.05) is 31.9 Å². The molecular weight excluding hydrogens is 275 g/mol. The first-order valence-electron chi connectivity index (χ1n) is 6.33. The predicted octanol–water partition coefficient (Wildman–Crippen LogP) is 5.35. The first-order valence-corrected chi connectivity index (χ1v) is 6.71. The van der Waals surface area contributed by atoms with E-state index in [0.717, 1.165) is 25.3 Å². The quantitative estimate of drug-likeness (QED) is 0.774. The Bertz CT molecular complexity index is 468. The van der Waals surface area contributed by atoms with Gasteiger partial charge in [0.15, 0.2) is 0 Å². The van der Waals surface area contributed by atoms with Crippen molar-refractivity contribution in [3.05, 3.63) is 28.8 Å². The third-order valence-corrected chi connectivity index (χ3v) is 4.11. The summed E-state index contributed by atoms with van der Waals surface area (Å²) < 4.78 is 39.0. The molecule has 1 aromatic rings. The highest BCUT2D eigenvalue weighted by Crippen LogP contribution is 2.42. The summed E-state index contributed by atoms with van der Waals surface area (Å²) in [4.78, 5) is 0. The maximum atomic E-state index is 13.0. The first kappa shape index (κ1) is 14.5. The van der Waals surface area contributed by atoms with Gasteiger partial charge in [0.05, 0.1) is 5.56 Å². The Kier molecular flexibility index (Phi) is 3.74. The fourth-order valence-corrected chi connectivity index (χ4v) is 2.83. The van der Waals surface area contributed by atoms with Crippen LogP contribution in [0.25, 0.3) is 0 Å². The van der Waals surface area contributed by atoms with Gasteiger partial charge in [-0.25, -0.2) is 0 Å². The minimum Gasteiger partial charge on any atom is -0.381 e. The Morgan fingerprint density at radius 1 is 1.32 bits per heavy atom. The third kappa shape index (κ3) is 3.16. The third-order valence-electron chi connectivity index (χ3n) is 3.87. The van der Waals surface area contributed by atoms with Crippen LogP contribution in [-0.2, 0) is 6.18 Å². The van der Waals surface area contributed by atoms with Crippen LogP contribution in [0.3, 0.4) is 0 Å². The summed E-state index contributed by atoms with van der Waals surface area (Å²) in [6.45, 7) is 4.17. The van der Waals surface area contributed by atoms with Crippen molar-refractivity contribution in [3.8, 4) is 0 Å². The number of halogens is 4. The monoisotopic (exact) mass is 291 g/mol. The molecule has 0 aromatic heterocycles. The molecule has 0 amide bonds. The van der Waals surface area contributed by atoms with Gasteiger partial charge in [-0.05, 0) is 36.5 Å². The van der Waals surface area contributed by atoms with Gasteiger partial charge in [-0.3, -0.25) is 0 Å². The number of nitrogens with one attached hydrogen (secondary N) is 1. The SMILES string of the molecule is CC1(C)CCCC1Nc1ccc(Cl)cc1C(F)(F)F. The number of alkyl halides is 3. The molecule has 0 radical (unpaired) electrons. The first-order chi connectivity index (χ1) is 8.70. The van der Waals surface area contributed by atoms with Crippen LogP contribution in [0.1, 0.15) is 38.7 Å². The molecular formula is C14H17ClF3N. The van der Waals surface area contributed by atoms with Crippen LogP contribution < -0.4 is 5.32 Å². The van der Waals surface area contributed by atoms with Crippen molar-refractivity contribution < 1.29 is 13.2 Å². The van der Waals surface area contributed by atoms with Crippen molar-refractivity contribution in [1.29, 1.82) is 0 Å². The summed E-state index contributed by atoms with van der Waals surface area (Å²) in [5, 5.41) is 3.16. The van der Waals surface area contributed by atoms with Gasteiger partial charge in [-0.2, -0.15) is 13.2 Å². The summed E-state index contributed by atoms with van der Waals surface area (Å²) in [5.74, 6) is 0. The molecule has 1 aliphatic carbocycles. The van der Waals surface area contributed by atoms with E-state index in [0.29, 0.717) is 0 Å². The van der Waals surface area contributed by atoms with Gasteiger partial charge in [0.1, 0.15) is 0 Å². The second-order valence-corrected chi connectivity index (χ2v) is 6.20. The molecule has 0 spiro atoms. The average Bonchev–Trinajstić information content (AvgIpc) is 2.59. The molecule has 1 aliphatic rings. The van der Waals surface area contributed by atoms with Crippen molar-refractivity contribution in [2.45, 2.75) is 45.3 Å². The average molecular weight is 292 g/mol. The van der Waals surface area contributed by atoms with Crippen molar-refractivity contribution in [2.75, 3.05) is 5.32 Å². The lowest BCUT2D eigenvalue weighted by atomic mass is 9.87. The lowest BCUT2D eigenvalue weighted by Crippen LogP contribution is -2.31. The van der Waals surface area contributed by atoms with E-state index in [1.807, 2.05) is 0 Å². The molecule has 1 aromatic carbocycles. The largest absolute Gasteiger partial charge is 0.418 e. The standard InChI is InChI=1S/C14H17ClF3N/c1-13(2)7-3-4-12(13)19-11-6-5-9(15)8-10(11)14(16,17)18/h5-6,8,12,19H,3-4,7H2,1-2H3.